The second kappa shape index (κ2) is 8.18. The number of nitrogens with zero attached hydrogens (tertiary/aromatic N) is 2. The highest BCUT2D eigenvalue weighted by Crippen LogP contribution is 2.38. The average Bonchev–Trinajstić information content (AvgIpc) is 3.29. The lowest BCUT2D eigenvalue weighted by Crippen LogP contribution is -2.54. The molecule has 2 aliphatic rings. The van der Waals surface area contributed by atoms with Crippen LogP contribution in [0.4, 0.5) is 4.79 Å². The van der Waals surface area contributed by atoms with E-state index >= 15 is 0 Å². The molecular weight excluding hydrogens is 402 g/mol. The Bertz CT molecular complexity index is 971. The zero-order chi connectivity index (χ0) is 21.3. The summed E-state index contributed by atoms with van der Waals surface area (Å²) in [5, 5.41) is 5.53. The minimum Gasteiger partial charge on any atom is -0.458 e. The number of ether oxygens (including phenoxy) is 1. The van der Waals surface area contributed by atoms with Gasteiger partial charge in [-0.1, -0.05) is 49.6 Å². The van der Waals surface area contributed by atoms with Gasteiger partial charge >= 0.3 is 12.0 Å². The average molecular weight is 428 g/mol. The second-order valence-corrected chi connectivity index (χ2v) is 8.97. The molecule has 0 unspecified atom stereocenters. The van der Waals surface area contributed by atoms with Gasteiger partial charge in [-0.25, -0.2) is 9.78 Å². The maximum absolute atomic E-state index is 12.9. The molecule has 1 saturated heterocycles. The number of urea groups is 1. The van der Waals surface area contributed by atoms with Crippen molar-refractivity contribution in [3.8, 4) is 10.6 Å². The molecule has 2 atom stereocenters. The van der Waals surface area contributed by atoms with Gasteiger partial charge in [0.05, 0.1) is 5.69 Å². The fourth-order valence-electron chi connectivity index (χ4n) is 4.17. The molecule has 0 bridgehead atoms. The molecule has 1 N–H and O–H groups in total. The predicted molar refractivity (Wildman–Crippen MR) is 113 cm³/mol. The molecule has 1 aliphatic heterocycles. The van der Waals surface area contributed by atoms with Gasteiger partial charge < -0.3 is 10.1 Å². The van der Waals surface area contributed by atoms with Crippen LogP contribution < -0.4 is 5.32 Å². The van der Waals surface area contributed by atoms with Crippen LogP contribution in [0, 0.1) is 12.8 Å². The Morgan fingerprint density at radius 2 is 2.07 bits per heavy atom. The van der Waals surface area contributed by atoms with Crippen molar-refractivity contribution >= 4 is 29.2 Å². The number of carbonyl (C=O) groups excluding carboxylic acids is 3. The van der Waals surface area contributed by atoms with Crippen molar-refractivity contribution in [2.24, 2.45) is 5.92 Å². The molecule has 1 aromatic carbocycles. The Morgan fingerprint density at radius 3 is 2.80 bits per heavy atom. The van der Waals surface area contributed by atoms with Crippen molar-refractivity contribution in [3.05, 3.63) is 40.9 Å². The van der Waals surface area contributed by atoms with Gasteiger partial charge in [0.2, 0.25) is 0 Å². The highest BCUT2D eigenvalue weighted by Gasteiger charge is 2.55. The van der Waals surface area contributed by atoms with Crippen LogP contribution in [0.3, 0.4) is 0 Å². The largest absolute Gasteiger partial charge is 0.458 e. The molecule has 30 heavy (non-hydrogen) atoms. The van der Waals surface area contributed by atoms with Crippen LogP contribution in [0.2, 0.25) is 0 Å². The molecule has 2 heterocycles. The molecule has 8 heteroatoms. The molecule has 1 aliphatic carbocycles. The molecular formula is C22H25N3O4S. The summed E-state index contributed by atoms with van der Waals surface area (Å²) in [6.07, 6.45) is 3.44. The minimum atomic E-state index is -0.868. The molecule has 0 radical (unpaired) electrons. The summed E-state index contributed by atoms with van der Waals surface area (Å²) < 4.78 is 5.29. The lowest BCUT2D eigenvalue weighted by atomic mass is 9.73. The van der Waals surface area contributed by atoms with Crippen molar-refractivity contribution in [1.82, 2.24) is 15.2 Å². The third-order valence-electron chi connectivity index (χ3n) is 6.02. The van der Waals surface area contributed by atoms with Crippen molar-refractivity contribution in [1.29, 1.82) is 0 Å². The van der Waals surface area contributed by atoms with Gasteiger partial charge in [0, 0.05) is 10.9 Å². The van der Waals surface area contributed by atoms with Gasteiger partial charge in [-0.2, -0.15) is 0 Å². The van der Waals surface area contributed by atoms with Crippen LogP contribution >= 0.6 is 11.3 Å². The number of imide groups is 1. The number of thiazole rings is 1. The smallest absolute Gasteiger partial charge is 0.326 e. The van der Waals surface area contributed by atoms with E-state index in [-0.39, 0.29) is 25.0 Å². The maximum Gasteiger partial charge on any atom is 0.326 e. The zero-order valence-corrected chi connectivity index (χ0v) is 18.0. The van der Waals surface area contributed by atoms with E-state index in [4.69, 9.17) is 4.74 Å². The second-order valence-electron chi connectivity index (χ2n) is 8.11. The van der Waals surface area contributed by atoms with Crippen LogP contribution in [0.5, 0.6) is 0 Å². The van der Waals surface area contributed by atoms with E-state index < -0.39 is 17.5 Å². The number of aryl methyl sites for hydroxylation is 1. The van der Waals surface area contributed by atoms with Crippen LogP contribution in [-0.2, 0) is 20.9 Å². The number of aromatic nitrogens is 1. The van der Waals surface area contributed by atoms with Crippen molar-refractivity contribution < 1.29 is 19.1 Å². The number of benzene rings is 1. The number of amides is 3. The Morgan fingerprint density at radius 1 is 1.30 bits per heavy atom. The van der Waals surface area contributed by atoms with Crippen LogP contribution in [0.25, 0.3) is 10.6 Å². The molecule has 1 saturated carbocycles. The molecule has 2 fully saturated rings. The van der Waals surface area contributed by atoms with Gasteiger partial charge in [-0.15, -0.1) is 11.3 Å². The number of hydrogen-bond donors (Lipinski definition) is 1. The summed E-state index contributed by atoms with van der Waals surface area (Å²) in [6, 6.07) is 7.54. The SMILES string of the molecule is Cc1ccc(-c2nc(COC(=O)CN3C(=O)N[C@@]4(CCCC[C@H]4C)C3=O)cs2)cc1. The molecule has 7 nitrogen and oxygen atoms in total. The minimum absolute atomic E-state index is 0.00634. The lowest BCUT2D eigenvalue weighted by Gasteiger charge is -2.36. The monoisotopic (exact) mass is 427 g/mol. The Balaban J connectivity index is 1.35. The third-order valence-corrected chi connectivity index (χ3v) is 6.96. The maximum atomic E-state index is 12.9. The summed E-state index contributed by atoms with van der Waals surface area (Å²) in [5.74, 6) is -0.880. The van der Waals surface area contributed by atoms with Crippen LogP contribution in [0.15, 0.2) is 29.6 Å². The van der Waals surface area contributed by atoms with E-state index in [0.29, 0.717) is 12.1 Å². The number of esters is 1. The van der Waals surface area contributed by atoms with E-state index in [0.717, 1.165) is 34.7 Å². The first-order valence-corrected chi connectivity index (χ1v) is 11.1. The van der Waals surface area contributed by atoms with Gasteiger partial charge in [-0.3, -0.25) is 14.5 Å². The fraction of sp³-hybridized carbons (Fsp3) is 0.455. The first-order chi connectivity index (χ1) is 14.4. The molecule has 2 aromatic rings. The molecule has 3 amide bonds. The van der Waals surface area contributed by atoms with Crippen molar-refractivity contribution in [2.75, 3.05) is 6.54 Å². The van der Waals surface area contributed by atoms with E-state index in [1.807, 2.05) is 43.5 Å². The Hall–Kier alpha value is -2.74. The molecule has 1 spiro atoms. The topological polar surface area (TPSA) is 88.6 Å². The van der Waals surface area contributed by atoms with E-state index in [1.54, 1.807) is 0 Å². The number of hydrogen-bond acceptors (Lipinski definition) is 6. The highest BCUT2D eigenvalue weighted by atomic mass is 32.1. The number of rotatable bonds is 5. The number of nitrogens with one attached hydrogen (secondary N) is 1. The lowest BCUT2D eigenvalue weighted by molar-refractivity contribution is -0.149. The Kier molecular flexibility index (Phi) is 5.60. The quantitative estimate of drug-likeness (QED) is 0.581. The summed E-state index contributed by atoms with van der Waals surface area (Å²) in [4.78, 5) is 43.1. The predicted octanol–water partition coefficient (Wildman–Crippen LogP) is 3.66. The molecule has 4 rings (SSSR count). The van der Waals surface area contributed by atoms with Crippen LogP contribution in [0.1, 0.15) is 43.9 Å². The summed E-state index contributed by atoms with van der Waals surface area (Å²) >= 11 is 1.48. The van der Waals surface area contributed by atoms with Crippen molar-refractivity contribution in [3.63, 3.8) is 0 Å². The van der Waals surface area contributed by atoms with E-state index in [9.17, 15) is 14.4 Å². The van der Waals surface area contributed by atoms with Gasteiger partial charge in [0.15, 0.2) is 0 Å². The van der Waals surface area contributed by atoms with Crippen LogP contribution in [-0.4, -0.2) is 39.9 Å². The van der Waals surface area contributed by atoms with E-state index in [1.165, 1.54) is 16.9 Å². The summed E-state index contributed by atoms with van der Waals surface area (Å²) in [6.45, 7) is 3.63. The summed E-state index contributed by atoms with van der Waals surface area (Å²) in [7, 11) is 0. The first kappa shape index (κ1) is 20.5. The van der Waals surface area contributed by atoms with E-state index in [2.05, 4.69) is 10.3 Å². The zero-order valence-electron chi connectivity index (χ0n) is 17.1. The fourth-order valence-corrected chi connectivity index (χ4v) is 4.98. The third kappa shape index (κ3) is 3.84. The first-order valence-electron chi connectivity index (χ1n) is 10.2. The molecule has 1 aromatic heterocycles. The van der Waals surface area contributed by atoms with Crippen molar-refractivity contribution in [2.45, 2.75) is 51.7 Å². The Labute approximate surface area is 179 Å². The highest BCUT2D eigenvalue weighted by molar-refractivity contribution is 7.13. The number of carbonyl (C=O) groups is 3. The standard InChI is InChI=1S/C22H25N3O4S/c1-14-6-8-16(9-7-14)19-23-17(13-30-19)12-29-18(26)11-25-20(27)22(24-21(25)28)10-4-3-5-15(22)2/h6-9,13,15H,3-5,10-12H2,1-2H3,(H,24,28)/t15-,22-/m1/s1. The molecule has 158 valence electrons. The van der Waals surface area contributed by atoms with Gasteiger partial charge in [0.1, 0.15) is 23.7 Å². The van der Waals surface area contributed by atoms with Gasteiger partial charge in [0.25, 0.3) is 5.91 Å². The van der Waals surface area contributed by atoms with Gasteiger partial charge in [-0.05, 0) is 25.7 Å². The normalized spacial score (nSPS) is 23.7. The summed E-state index contributed by atoms with van der Waals surface area (Å²) in [5.41, 5.74) is 1.95.